The number of carboxylic acid groups (broad SMARTS) is 1. The van der Waals surface area contributed by atoms with Gasteiger partial charge < -0.3 is 5.11 Å². The quantitative estimate of drug-likeness (QED) is 0.882. The lowest BCUT2D eigenvalue weighted by molar-refractivity contribution is 0.0697. The summed E-state index contributed by atoms with van der Waals surface area (Å²) in [5, 5.41) is 13.7. The molecule has 84 valence electrons. The molecule has 0 aliphatic rings. The van der Waals surface area contributed by atoms with E-state index in [4.69, 9.17) is 5.11 Å². The number of aromatic carboxylic acids is 1. The van der Waals surface area contributed by atoms with Crippen LogP contribution in [0.15, 0.2) is 12.4 Å². The molecule has 0 atom stereocenters. The van der Waals surface area contributed by atoms with E-state index in [0.717, 1.165) is 10.7 Å². The summed E-state index contributed by atoms with van der Waals surface area (Å²) in [7, 11) is 0. The van der Waals surface area contributed by atoms with E-state index in [1.165, 1.54) is 17.3 Å². The Morgan fingerprint density at radius 1 is 1.56 bits per heavy atom. The van der Waals surface area contributed by atoms with Crippen molar-refractivity contribution in [2.45, 2.75) is 20.4 Å². The number of hydrogen-bond acceptors (Lipinski definition) is 4. The van der Waals surface area contributed by atoms with Crippen molar-refractivity contribution >= 4 is 17.3 Å². The minimum atomic E-state index is -0.960. The van der Waals surface area contributed by atoms with E-state index in [-0.39, 0.29) is 5.56 Å². The van der Waals surface area contributed by atoms with Gasteiger partial charge in [-0.2, -0.15) is 5.10 Å². The Bertz CT molecular complexity index is 510. The monoisotopic (exact) mass is 237 g/mol. The molecule has 0 unspecified atom stereocenters. The molecule has 6 heteroatoms. The SMILES string of the molecule is Cc1nc(Cn2cc(C(=O)O)cn2)sc1C. The van der Waals surface area contributed by atoms with Gasteiger partial charge in [0.25, 0.3) is 0 Å². The van der Waals surface area contributed by atoms with E-state index in [9.17, 15) is 4.79 Å². The molecule has 0 spiro atoms. The molecule has 0 aliphatic heterocycles. The molecule has 2 rings (SSSR count). The van der Waals surface area contributed by atoms with Crippen LogP contribution >= 0.6 is 11.3 Å². The van der Waals surface area contributed by atoms with Gasteiger partial charge in [0, 0.05) is 11.1 Å². The van der Waals surface area contributed by atoms with E-state index in [2.05, 4.69) is 10.1 Å². The van der Waals surface area contributed by atoms with Crippen LogP contribution in [0.5, 0.6) is 0 Å². The van der Waals surface area contributed by atoms with Crippen molar-refractivity contribution in [3.05, 3.63) is 33.5 Å². The Hall–Kier alpha value is -1.69. The average Bonchev–Trinajstić information content (AvgIpc) is 2.76. The third kappa shape index (κ3) is 2.11. The van der Waals surface area contributed by atoms with Gasteiger partial charge >= 0.3 is 5.97 Å². The molecule has 0 aromatic carbocycles. The number of aryl methyl sites for hydroxylation is 2. The maximum Gasteiger partial charge on any atom is 0.338 e. The zero-order valence-corrected chi connectivity index (χ0v) is 9.78. The molecule has 0 saturated carbocycles. The van der Waals surface area contributed by atoms with Gasteiger partial charge in [-0.05, 0) is 13.8 Å². The zero-order valence-electron chi connectivity index (χ0n) is 8.97. The lowest BCUT2D eigenvalue weighted by Gasteiger charge is -1.95. The molecule has 0 bridgehead atoms. The summed E-state index contributed by atoms with van der Waals surface area (Å²) < 4.78 is 1.58. The number of carbonyl (C=O) groups is 1. The smallest absolute Gasteiger partial charge is 0.338 e. The number of hydrogen-bond donors (Lipinski definition) is 1. The Balaban J connectivity index is 2.17. The molecular weight excluding hydrogens is 226 g/mol. The fourth-order valence-corrected chi connectivity index (χ4v) is 2.23. The Morgan fingerprint density at radius 2 is 2.31 bits per heavy atom. The highest BCUT2D eigenvalue weighted by Crippen LogP contribution is 2.17. The Labute approximate surface area is 96.4 Å². The van der Waals surface area contributed by atoms with Gasteiger partial charge in [0.15, 0.2) is 0 Å². The molecule has 0 radical (unpaired) electrons. The summed E-state index contributed by atoms with van der Waals surface area (Å²) >= 11 is 1.61. The predicted molar refractivity (Wildman–Crippen MR) is 59.9 cm³/mol. The van der Waals surface area contributed by atoms with Crippen LogP contribution in [-0.4, -0.2) is 25.8 Å². The van der Waals surface area contributed by atoms with E-state index >= 15 is 0 Å². The van der Waals surface area contributed by atoms with E-state index in [1.54, 1.807) is 16.0 Å². The summed E-state index contributed by atoms with van der Waals surface area (Å²) in [4.78, 5) is 16.2. The van der Waals surface area contributed by atoms with Gasteiger partial charge in [0.1, 0.15) is 5.01 Å². The number of carboxylic acids is 1. The third-order valence-electron chi connectivity index (χ3n) is 2.25. The van der Waals surface area contributed by atoms with Crippen LogP contribution in [0, 0.1) is 13.8 Å². The summed E-state index contributed by atoms with van der Waals surface area (Å²) in [5.41, 5.74) is 1.22. The van der Waals surface area contributed by atoms with Crippen LogP contribution in [0.25, 0.3) is 0 Å². The number of rotatable bonds is 3. The second-order valence-electron chi connectivity index (χ2n) is 3.48. The number of aromatic nitrogens is 3. The third-order valence-corrected chi connectivity index (χ3v) is 3.31. The standard InChI is InChI=1S/C10H11N3O2S/c1-6-7(2)16-9(12-6)5-13-4-8(3-11-13)10(14)15/h3-4H,5H2,1-2H3,(H,14,15). The first-order chi connectivity index (χ1) is 7.56. The normalized spacial score (nSPS) is 10.6. The lowest BCUT2D eigenvalue weighted by Crippen LogP contribution is -2.00. The lowest BCUT2D eigenvalue weighted by atomic mass is 10.4. The van der Waals surface area contributed by atoms with Crippen LogP contribution in [-0.2, 0) is 6.54 Å². The zero-order chi connectivity index (χ0) is 11.7. The van der Waals surface area contributed by atoms with Crippen LogP contribution < -0.4 is 0 Å². The van der Waals surface area contributed by atoms with Crippen molar-refractivity contribution in [3.8, 4) is 0 Å². The van der Waals surface area contributed by atoms with Gasteiger partial charge in [-0.3, -0.25) is 4.68 Å². The van der Waals surface area contributed by atoms with Crippen molar-refractivity contribution in [3.63, 3.8) is 0 Å². The fourth-order valence-electron chi connectivity index (χ4n) is 1.31. The maximum absolute atomic E-state index is 10.7. The molecule has 0 fully saturated rings. The first-order valence-corrected chi connectivity index (χ1v) is 5.56. The first-order valence-electron chi connectivity index (χ1n) is 4.75. The van der Waals surface area contributed by atoms with Crippen molar-refractivity contribution in [1.82, 2.24) is 14.8 Å². The topological polar surface area (TPSA) is 68.0 Å². The Morgan fingerprint density at radius 3 is 2.81 bits per heavy atom. The van der Waals surface area contributed by atoms with Gasteiger partial charge in [-0.1, -0.05) is 0 Å². The maximum atomic E-state index is 10.7. The molecule has 2 aromatic rings. The molecule has 1 N–H and O–H groups in total. The first kappa shape index (κ1) is 10.8. The van der Waals surface area contributed by atoms with Crippen molar-refractivity contribution in [2.24, 2.45) is 0 Å². The highest BCUT2D eigenvalue weighted by molar-refractivity contribution is 7.11. The molecule has 0 saturated heterocycles. The van der Waals surface area contributed by atoms with E-state index < -0.39 is 5.97 Å². The van der Waals surface area contributed by atoms with Gasteiger partial charge in [0.05, 0.1) is 24.0 Å². The second-order valence-corrected chi connectivity index (χ2v) is 4.77. The fraction of sp³-hybridized carbons (Fsp3) is 0.300. The van der Waals surface area contributed by atoms with Crippen molar-refractivity contribution in [2.75, 3.05) is 0 Å². The molecule has 2 aromatic heterocycles. The van der Waals surface area contributed by atoms with Crippen molar-refractivity contribution < 1.29 is 9.90 Å². The molecule has 0 aliphatic carbocycles. The van der Waals surface area contributed by atoms with Gasteiger partial charge in [0.2, 0.25) is 0 Å². The molecule has 2 heterocycles. The molecule has 0 amide bonds. The van der Waals surface area contributed by atoms with Gasteiger partial charge in [-0.25, -0.2) is 9.78 Å². The van der Waals surface area contributed by atoms with E-state index in [0.29, 0.717) is 6.54 Å². The minimum Gasteiger partial charge on any atom is -0.478 e. The summed E-state index contributed by atoms with van der Waals surface area (Å²) in [6, 6.07) is 0. The summed E-state index contributed by atoms with van der Waals surface area (Å²) in [6.07, 6.45) is 2.85. The average molecular weight is 237 g/mol. The van der Waals surface area contributed by atoms with Crippen LogP contribution in [0.3, 0.4) is 0 Å². The molecule has 5 nitrogen and oxygen atoms in total. The van der Waals surface area contributed by atoms with Crippen LogP contribution in [0.1, 0.15) is 25.9 Å². The molecular formula is C10H11N3O2S. The highest BCUT2D eigenvalue weighted by Gasteiger charge is 2.08. The van der Waals surface area contributed by atoms with Crippen LogP contribution in [0.4, 0.5) is 0 Å². The predicted octanol–water partition coefficient (Wildman–Crippen LogP) is 1.70. The van der Waals surface area contributed by atoms with Crippen molar-refractivity contribution in [1.29, 1.82) is 0 Å². The van der Waals surface area contributed by atoms with E-state index in [1.807, 2.05) is 13.8 Å². The summed E-state index contributed by atoms with van der Waals surface area (Å²) in [6.45, 7) is 4.50. The second kappa shape index (κ2) is 4.05. The number of nitrogens with zero attached hydrogens (tertiary/aromatic N) is 3. The minimum absolute atomic E-state index is 0.199. The van der Waals surface area contributed by atoms with Gasteiger partial charge in [-0.15, -0.1) is 11.3 Å². The summed E-state index contributed by atoms with van der Waals surface area (Å²) in [5.74, 6) is -0.960. The highest BCUT2D eigenvalue weighted by atomic mass is 32.1. The van der Waals surface area contributed by atoms with Crippen LogP contribution in [0.2, 0.25) is 0 Å². The largest absolute Gasteiger partial charge is 0.478 e. The number of thiazole rings is 1. The Kier molecular flexibility index (Phi) is 2.74. The molecule has 16 heavy (non-hydrogen) atoms.